The minimum atomic E-state index is -3.04. The summed E-state index contributed by atoms with van der Waals surface area (Å²) in [6, 6.07) is 7.28. The highest BCUT2D eigenvalue weighted by Gasteiger charge is 2.50. The molecule has 1 N–H and O–H groups in total. The third-order valence-electron chi connectivity index (χ3n) is 5.12. The number of amides is 2. The average molecular weight is 364 g/mol. The first-order valence-electron chi connectivity index (χ1n) is 8.70. The summed E-state index contributed by atoms with van der Waals surface area (Å²) in [5, 5.41) is 2.89. The van der Waals surface area contributed by atoms with Gasteiger partial charge in [0.1, 0.15) is 0 Å². The van der Waals surface area contributed by atoms with E-state index in [1.54, 1.807) is 4.90 Å². The second-order valence-corrected chi connectivity index (χ2v) is 9.16. The molecule has 1 heterocycles. The lowest BCUT2D eigenvalue weighted by atomic mass is 10.1. The van der Waals surface area contributed by atoms with E-state index in [0.29, 0.717) is 19.4 Å². The summed E-state index contributed by atoms with van der Waals surface area (Å²) >= 11 is 0. The van der Waals surface area contributed by atoms with E-state index in [9.17, 15) is 18.0 Å². The molecule has 1 saturated carbocycles. The molecule has 2 amide bonds. The number of hydrogen-bond donors (Lipinski definition) is 1. The Bertz CT molecular complexity index is 790. The molecule has 3 unspecified atom stereocenters. The van der Waals surface area contributed by atoms with Gasteiger partial charge in [0.05, 0.1) is 23.3 Å². The number of hydrogen-bond acceptors (Lipinski definition) is 4. The SMILES string of the molecule is CCN(C(=O)C1CC1C(=O)Nc1ccccc1C)C1CCS(=O)(=O)C1. The van der Waals surface area contributed by atoms with E-state index in [1.807, 2.05) is 38.1 Å². The summed E-state index contributed by atoms with van der Waals surface area (Å²) in [5.74, 6) is -0.688. The maximum atomic E-state index is 12.7. The highest BCUT2D eigenvalue weighted by Crippen LogP contribution is 2.41. The van der Waals surface area contributed by atoms with E-state index in [0.717, 1.165) is 11.3 Å². The maximum Gasteiger partial charge on any atom is 0.228 e. The first-order valence-corrected chi connectivity index (χ1v) is 10.5. The smallest absolute Gasteiger partial charge is 0.228 e. The number of benzene rings is 1. The molecule has 1 aromatic carbocycles. The molecule has 0 bridgehead atoms. The van der Waals surface area contributed by atoms with Gasteiger partial charge in [-0.15, -0.1) is 0 Å². The molecule has 1 aromatic rings. The van der Waals surface area contributed by atoms with Crippen LogP contribution in [0.3, 0.4) is 0 Å². The van der Waals surface area contributed by atoms with Gasteiger partial charge in [0.15, 0.2) is 9.84 Å². The predicted octanol–water partition coefficient (Wildman–Crippen LogP) is 1.61. The van der Waals surface area contributed by atoms with E-state index in [-0.39, 0.29) is 41.2 Å². The third kappa shape index (κ3) is 3.86. The lowest BCUT2D eigenvalue weighted by molar-refractivity contribution is -0.135. The topological polar surface area (TPSA) is 83.6 Å². The largest absolute Gasteiger partial charge is 0.339 e. The van der Waals surface area contributed by atoms with Crippen LogP contribution < -0.4 is 5.32 Å². The van der Waals surface area contributed by atoms with Crippen molar-refractivity contribution in [1.82, 2.24) is 4.90 Å². The zero-order valence-electron chi connectivity index (χ0n) is 14.6. The Morgan fingerprint density at radius 3 is 2.56 bits per heavy atom. The first kappa shape index (κ1) is 17.9. The van der Waals surface area contributed by atoms with Crippen LogP contribution in [-0.4, -0.2) is 49.2 Å². The highest BCUT2D eigenvalue weighted by molar-refractivity contribution is 7.91. The third-order valence-corrected chi connectivity index (χ3v) is 6.87. The van der Waals surface area contributed by atoms with Crippen molar-refractivity contribution in [3.8, 4) is 0 Å². The quantitative estimate of drug-likeness (QED) is 0.860. The number of aryl methyl sites for hydroxylation is 1. The van der Waals surface area contributed by atoms with Crippen molar-refractivity contribution in [2.75, 3.05) is 23.4 Å². The van der Waals surface area contributed by atoms with E-state index in [4.69, 9.17) is 0 Å². The molecule has 1 aliphatic carbocycles. The minimum absolute atomic E-state index is 0.0410. The van der Waals surface area contributed by atoms with Gasteiger partial charge < -0.3 is 10.2 Å². The van der Waals surface area contributed by atoms with Crippen LogP contribution in [0, 0.1) is 18.8 Å². The summed E-state index contributed by atoms with van der Waals surface area (Å²) in [6.07, 6.45) is 1.03. The number of carbonyl (C=O) groups excluding carboxylic acids is 2. The second-order valence-electron chi connectivity index (χ2n) is 6.93. The summed E-state index contributed by atoms with van der Waals surface area (Å²) < 4.78 is 23.4. The fraction of sp³-hybridized carbons (Fsp3) is 0.556. The molecule has 25 heavy (non-hydrogen) atoms. The minimum Gasteiger partial charge on any atom is -0.339 e. The van der Waals surface area contributed by atoms with Gasteiger partial charge in [0.2, 0.25) is 11.8 Å². The lowest BCUT2D eigenvalue weighted by Crippen LogP contribution is -2.42. The van der Waals surface area contributed by atoms with E-state index < -0.39 is 9.84 Å². The molecule has 136 valence electrons. The fourth-order valence-corrected chi connectivity index (χ4v) is 5.26. The van der Waals surface area contributed by atoms with Crippen molar-refractivity contribution in [2.45, 2.75) is 32.7 Å². The van der Waals surface area contributed by atoms with Crippen molar-refractivity contribution < 1.29 is 18.0 Å². The van der Waals surface area contributed by atoms with Gasteiger partial charge in [-0.1, -0.05) is 18.2 Å². The Morgan fingerprint density at radius 1 is 1.24 bits per heavy atom. The number of nitrogens with one attached hydrogen (secondary N) is 1. The first-order chi connectivity index (χ1) is 11.8. The molecule has 6 nitrogen and oxygen atoms in total. The zero-order valence-corrected chi connectivity index (χ0v) is 15.4. The van der Waals surface area contributed by atoms with E-state index >= 15 is 0 Å². The molecular formula is C18H24N2O4S. The van der Waals surface area contributed by atoms with E-state index in [2.05, 4.69) is 5.32 Å². The monoisotopic (exact) mass is 364 g/mol. The van der Waals surface area contributed by atoms with Crippen molar-refractivity contribution in [2.24, 2.45) is 11.8 Å². The van der Waals surface area contributed by atoms with Crippen LogP contribution in [0.1, 0.15) is 25.3 Å². The lowest BCUT2D eigenvalue weighted by Gasteiger charge is -2.27. The normalized spacial score (nSPS) is 26.9. The number of anilines is 1. The molecule has 0 spiro atoms. The molecule has 7 heteroatoms. The average Bonchev–Trinajstić information content (AvgIpc) is 3.29. The summed E-state index contributed by atoms with van der Waals surface area (Å²) in [4.78, 5) is 26.8. The van der Waals surface area contributed by atoms with Crippen LogP contribution in [0.2, 0.25) is 0 Å². The second kappa shape index (κ2) is 6.78. The zero-order chi connectivity index (χ0) is 18.2. The van der Waals surface area contributed by atoms with Crippen molar-refractivity contribution in [1.29, 1.82) is 0 Å². The fourth-order valence-electron chi connectivity index (χ4n) is 3.52. The van der Waals surface area contributed by atoms with Gasteiger partial charge in [0.25, 0.3) is 0 Å². The number of nitrogens with zero attached hydrogens (tertiary/aromatic N) is 1. The number of para-hydroxylation sites is 1. The molecule has 3 rings (SSSR count). The number of carbonyl (C=O) groups is 2. The Balaban J connectivity index is 1.61. The van der Waals surface area contributed by atoms with Gasteiger partial charge in [-0.25, -0.2) is 8.42 Å². The van der Waals surface area contributed by atoms with Crippen molar-refractivity contribution in [3.05, 3.63) is 29.8 Å². The van der Waals surface area contributed by atoms with Crippen LogP contribution in [0.4, 0.5) is 5.69 Å². The molecule has 1 saturated heterocycles. The van der Waals surface area contributed by atoms with Crippen LogP contribution >= 0.6 is 0 Å². The van der Waals surface area contributed by atoms with Gasteiger partial charge >= 0.3 is 0 Å². The van der Waals surface area contributed by atoms with Crippen molar-refractivity contribution in [3.63, 3.8) is 0 Å². The summed E-state index contributed by atoms with van der Waals surface area (Å²) in [6.45, 7) is 4.25. The molecule has 2 fully saturated rings. The predicted molar refractivity (Wildman–Crippen MR) is 95.9 cm³/mol. The van der Waals surface area contributed by atoms with E-state index in [1.165, 1.54) is 0 Å². The molecular weight excluding hydrogens is 340 g/mol. The molecule has 3 atom stereocenters. The van der Waals surface area contributed by atoms with Gasteiger partial charge in [0, 0.05) is 18.3 Å². The van der Waals surface area contributed by atoms with Crippen LogP contribution in [0.5, 0.6) is 0 Å². The molecule has 1 aliphatic heterocycles. The molecule has 0 radical (unpaired) electrons. The van der Waals surface area contributed by atoms with Crippen LogP contribution in [0.25, 0.3) is 0 Å². The number of rotatable bonds is 5. The van der Waals surface area contributed by atoms with Crippen LogP contribution in [0.15, 0.2) is 24.3 Å². The summed E-state index contributed by atoms with van der Waals surface area (Å²) in [7, 11) is -3.04. The van der Waals surface area contributed by atoms with Gasteiger partial charge in [-0.2, -0.15) is 0 Å². The van der Waals surface area contributed by atoms with Gasteiger partial charge in [-0.3, -0.25) is 9.59 Å². The van der Waals surface area contributed by atoms with Crippen LogP contribution in [-0.2, 0) is 19.4 Å². The Kier molecular flexibility index (Phi) is 4.86. The number of sulfone groups is 1. The highest BCUT2D eigenvalue weighted by atomic mass is 32.2. The Morgan fingerprint density at radius 2 is 1.96 bits per heavy atom. The molecule has 0 aromatic heterocycles. The van der Waals surface area contributed by atoms with Gasteiger partial charge in [-0.05, 0) is 38.3 Å². The standard InChI is InChI=1S/C18H24N2O4S/c1-3-20(13-8-9-25(23,24)11-13)18(22)15-10-14(15)17(21)19-16-7-5-4-6-12(16)2/h4-7,13-15H,3,8-11H2,1-2H3,(H,19,21). The van der Waals surface area contributed by atoms with Crippen molar-refractivity contribution >= 4 is 27.3 Å². The molecule has 2 aliphatic rings. The Labute approximate surface area is 148 Å². The maximum absolute atomic E-state index is 12.7. The summed E-state index contributed by atoms with van der Waals surface area (Å²) in [5.41, 5.74) is 1.74. The Hall–Kier alpha value is -1.89.